The lowest BCUT2D eigenvalue weighted by Crippen LogP contribution is -2.32. The highest BCUT2D eigenvalue weighted by Gasteiger charge is 2.18. The SMILES string of the molecule is CCOc1ccccc1-c1nc(CN2CCC(C)CC2)co1. The van der Waals surface area contributed by atoms with E-state index in [0.717, 1.165) is 42.6 Å². The average molecular weight is 300 g/mol. The van der Waals surface area contributed by atoms with Crippen molar-refractivity contribution >= 4 is 0 Å². The summed E-state index contributed by atoms with van der Waals surface area (Å²) < 4.78 is 11.3. The molecule has 0 saturated carbocycles. The second-order valence-corrected chi connectivity index (χ2v) is 6.03. The van der Waals surface area contributed by atoms with Crippen LogP contribution in [0.4, 0.5) is 0 Å². The fourth-order valence-corrected chi connectivity index (χ4v) is 2.88. The van der Waals surface area contributed by atoms with E-state index < -0.39 is 0 Å². The van der Waals surface area contributed by atoms with Gasteiger partial charge in [-0.2, -0.15) is 0 Å². The van der Waals surface area contributed by atoms with Crippen LogP contribution in [0.5, 0.6) is 5.75 Å². The summed E-state index contributed by atoms with van der Waals surface area (Å²) in [4.78, 5) is 7.10. The van der Waals surface area contributed by atoms with Gasteiger partial charge in [-0.25, -0.2) is 4.98 Å². The molecule has 1 aromatic carbocycles. The van der Waals surface area contributed by atoms with Crippen molar-refractivity contribution in [2.24, 2.45) is 5.92 Å². The van der Waals surface area contributed by atoms with E-state index in [4.69, 9.17) is 9.15 Å². The molecular weight excluding hydrogens is 276 g/mol. The molecule has 1 aliphatic heterocycles. The molecule has 0 aliphatic carbocycles. The third-order valence-corrected chi connectivity index (χ3v) is 4.23. The first-order valence-electron chi connectivity index (χ1n) is 8.15. The largest absolute Gasteiger partial charge is 0.493 e. The number of rotatable bonds is 5. The van der Waals surface area contributed by atoms with Gasteiger partial charge in [0.2, 0.25) is 5.89 Å². The summed E-state index contributed by atoms with van der Waals surface area (Å²) in [6, 6.07) is 7.89. The molecule has 22 heavy (non-hydrogen) atoms. The predicted octanol–water partition coefficient (Wildman–Crippen LogP) is 3.97. The van der Waals surface area contributed by atoms with Crippen LogP contribution in [0.2, 0.25) is 0 Å². The smallest absolute Gasteiger partial charge is 0.229 e. The van der Waals surface area contributed by atoms with Crippen molar-refractivity contribution in [2.45, 2.75) is 33.2 Å². The minimum atomic E-state index is 0.635. The van der Waals surface area contributed by atoms with Crippen LogP contribution >= 0.6 is 0 Å². The van der Waals surface area contributed by atoms with Crippen molar-refractivity contribution in [1.82, 2.24) is 9.88 Å². The zero-order valence-electron chi connectivity index (χ0n) is 13.4. The van der Waals surface area contributed by atoms with Gasteiger partial charge in [-0.05, 0) is 50.9 Å². The second kappa shape index (κ2) is 6.97. The maximum atomic E-state index is 5.68. The summed E-state index contributed by atoms with van der Waals surface area (Å²) in [5, 5.41) is 0. The molecule has 3 rings (SSSR count). The molecule has 4 heteroatoms. The predicted molar refractivity (Wildman–Crippen MR) is 86.8 cm³/mol. The molecule has 0 unspecified atom stereocenters. The zero-order valence-corrected chi connectivity index (χ0v) is 13.4. The number of piperidine rings is 1. The number of hydrogen-bond donors (Lipinski definition) is 0. The Morgan fingerprint density at radius 1 is 1.27 bits per heavy atom. The van der Waals surface area contributed by atoms with Crippen LogP contribution in [0.3, 0.4) is 0 Å². The van der Waals surface area contributed by atoms with Crippen LogP contribution in [0.25, 0.3) is 11.5 Å². The number of para-hydroxylation sites is 1. The van der Waals surface area contributed by atoms with E-state index in [2.05, 4.69) is 16.8 Å². The molecule has 0 spiro atoms. The monoisotopic (exact) mass is 300 g/mol. The number of ether oxygens (including phenoxy) is 1. The summed E-state index contributed by atoms with van der Waals surface area (Å²) in [5.41, 5.74) is 1.92. The second-order valence-electron chi connectivity index (χ2n) is 6.03. The Bertz CT molecular complexity index is 601. The normalized spacial score (nSPS) is 16.8. The third kappa shape index (κ3) is 3.50. The first-order valence-corrected chi connectivity index (χ1v) is 8.15. The number of likely N-dealkylation sites (tertiary alicyclic amines) is 1. The van der Waals surface area contributed by atoms with Gasteiger partial charge >= 0.3 is 0 Å². The number of oxazole rings is 1. The highest BCUT2D eigenvalue weighted by Crippen LogP contribution is 2.29. The van der Waals surface area contributed by atoms with Gasteiger partial charge in [0.25, 0.3) is 0 Å². The number of hydrogen-bond acceptors (Lipinski definition) is 4. The van der Waals surface area contributed by atoms with Gasteiger partial charge in [-0.15, -0.1) is 0 Å². The molecule has 1 fully saturated rings. The van der Waals surface area contributed by atoms with Crippen LogP contribution in [0.1, 0.15) is 32.4 Å². The zero-order chi connectivity index (χ0) is 15.4. The molecule has 0 radical (unpaired) electrons. The van der Waals surface area contributed by atoms with E-state index in [1.807, 2.05) is 31.2 Å². The molecule has 0 atom stereocenters. The van der Waals surface area contributed by atoms with Gasteiger partial charge in [0.15, 0.2) is 0 Å². The van der Waals surface area contributed by atoms with Crippen LogP contribution in [-0.4, -0.2) is 29.6 Å². The highest BCUT2D eigenvalue weighted by molar-refractivity contribution is 5.62. The fourth-order valence-electron chi connectivity index (χ4n) is 2.88. The lowest BCUT2D eigenvalue weighted by Gasteiger charge is -2.29. The number of nitrogens with zero attached hydrogens (tertiary/aromatic N) is 2. The van der Waals surface area contributed by atoms with E-state index in [1.165, 1.54) is 12.8 Å². The highest BCUT2D eigenvalue weighted by atomic mass is 16.5. The Kier molecular flexibility index (Phi) is 4.78. The minimum Gasteiger partial charge on any atom is -0.493 e. The Labute approximate surface area is 132 Å². The van der Waals surface area contributed by atoms with Gasteiger partial charge in [-0.3, -0.25) is 4.90 Å². The standard InChI is InChI=1S/C18H24N2O2/c1-3-21-17-7-5-4-6-16(17)18-19-15(13-22-18)12-20-10-8-14(2)9-11-20/h4-7,13-14H,3,8-12H2,1-2H3. The summed E-state index contributed by atoms with van der Waals surface area (Å²) >= 11 is 0. The van der Waals surface area contributed by atoms with Gasteiger partial charge < -0.3 is 9.15 Å². The molecule has 0 N–H and O–H groups in total. The third-order valence-electron chi connectivity index (χ3n) is 4.23. The Balaban J connectivity index is 1.71. The van der Waals surface area contributed by atoms with Crippen molar-refractivity contribution in [1.29, 1.82) is 0 Å². The quantitative estimate of drug-likeness (QED) is 0.837. The van der Waals surface area contributed by atoms with E-state index in [9.17, 15) is 0 Å². The van der Waals surface area contributed by atoms with Gasteiger partial charge in [0.1, 0.15) is 12.0 Å². The Morgan fingerprint density at radius 2 is 2.05 bits per heavy atom. The van der Waals surface area contributed by atoms with Crippen molar-refractivity contribution in [2.75, 3.05) is 19.7 Å². The van der Waals surface area contributed by atoms with Gasteiger partial charge in [0.05, 0.1) is 17.9 Å². The molecule has 2 heterocycles. The average Bonchev–Trinajstić information content (AvgIpc) is 2.99. The van der Waals surface area contributed by atoms with E-state index >= 15 is 0 Å². The van der Waals surface area contributed by atoms with Crippen LogP contribution in [0.15, 0.2) is 34.9 Å². The molecular formula is C18H24N2O2. The molecule has 1 aromatic heterocycles. The van der Waals surface area contributed by atoms with Gasteiger partial charge in [-0.1, -0.05) is 19.1 Å². The molecule has 118 valence electrons. The maximum absolute atomic E-state index is 5.68. The van der Waals surface area contributed by atoms with Gasteiger partial charge in [0, 0.05) is 6.54 Å². The fraction of sp³-hybridized carbons (Fsp3) is 0.500. The molecule has 0 amide bonds. The van der Waals surface area contributed by atoms with Crippen LogP contribution in [-0.2, 0) is 6.54 Å². The molecule has 1 saturated heterocycles. The van der Waals surface area contributed by atoms with E-state index in [1.54, 1.807) is 6.26 Å². The minimum absolute atomic E-state index is 0.635. The topological polar surface area (TPSA) is 38.5 Å². The lowest BCUT2D eigenvalue weighted by atomic mass is 9.99. The van der Waals surface area contributed by atoms with Crippen LogP contribution < -0.4 is 4.74 Å². The summed E-state index contributed by atoms with van der Waals surface area (Å²) in [5.74, 6) is 2.32. The van der Waals surface area contributed by atoms with Crippen molar-refractivity contribution in [3.8, 4) is 17.2 Å². The van der Waals surface area contributed by atoms with E-state index in [-0.39, 0.29) is 0 Å². The molecule has 1 aliphatic rings. The van der Waals surface area contributed by atoms with Crippen molar-refractivity contribution in [3.63, 3.8) is 0 Å². The Hall–Kier alpha value is -1.81. The summed E-state index contributed by atoms with van der Waals surface area (Å²) in [7, 11) is 0. The summed E-state index contributed by atoms with van der Waals surface area (Å²) in [6.07, 6.45) is 4.33. The summed E-state index contributed by atoms with van der Waals surface area (Å²) in [6.45, 7) is 8.12. The van der Waals surface area contributed by atoms with Crippen LogP contribution in [0, 0.1) is 5.92 Å². The lowest BCUT2D eigenvalue weighted by molar-refractivity contribution is 0.183. The van der Waals surface area contributed by atoms with Crippen molar-refractivity contribution in [3.05, 3.63) is 36.2 Å². The number of aromatic nitrogens is 1. The first-order chi connectivity index (χ1) is 10.8. The molecule has 2 aromatic rings. The number of benzene rings is 1. The molecule has 0 bridgehead atoms. The van der Waals surface area contributed by atoms with E-state index in [0.29, 0.717) is 12.5 Å². The first kappa shape index (κ1) is 15.1. The van der Waals surface area contributed by atoms with Crippen molar-refractivity contribution < 1.29 is 9.15 Å². The maximum Gasteiger partial charge on any atom is 0.229 e. The molecule has 4 nitrogen and oxygen atoms in total. The Morgan fingerprint density at radius 3 is 2.82 bits per heavy atom.